The molecule has 0 unspecified atom stereocenters. The lowest BCUT2D eigenvalue weighted by atomic mass is 9.82. The second-order valence-corrected chi connectivity index (χ2v) is 6.30. The Bertz CT molecular complexity index is 483. The van der Waals surface area contributed by atoms with Gasteiger partial charge in [-0.25, -0.2) is 4.79 Å². The molecule has 1 fully saturated rings. The van der Waals surface area contributed by atoms with Crippen LogP contribution in [-0.2, 0) is 0 Å². The van der Waals surface area contributed by atoms with E-state index in [0.29, 0.717) is 11.0 Å². The summed E-state index contributed by atoms with van der Waals surface area (Å²) in [5, 5.41) is 9.13. The molecule has 1 saturated heterocycles. The second kappa shape index (κ2) is 5.53. The molecule has 0 radical (unpaired) electrons. The number of carboxylic acid groups (broad SMARTS) is 1. The molecule has 1 N–H and O–H groups in total. The maximum atomic E-state index is 11.1. The number of halogens is 1. The van der Waals surface area contributed by atoms with Crippen molar-refractivity contribution in [1.29, 1.82) is 0 Å². The molecule has 1 aliphatic heterocycles. The Morgan fingerprint density at radius 3 is 2.58 bits per heavy atom. The molecule has 1 aromatic rings. The summed E-state index contributed by atoms with van der Waals surface area (Å²) in [6, 6.07) is 5.43. The van der Waals surface area contributed by atoms with E-state index in [1.165, 1.54) is 19.3 Å². The van der Waals surface area contributed by atoms with E-state index in [1.807, 2.05) is 6.07 Å². The first-order valence-electron chi connectivity index (χ1n) is 6.78. The SMILES string of the molecule is CCC1(CC)CCN(c2cc(Br)cc(C(=O)O)c2)C1. The largest absolute Gasteiger partial charge is 0.478 e. The molecule has 0 saturated carbocycles. The molecule has 1 heterocycles. The monoisotopic (exact) mass is 325 g/mol. The number of benzene rings is 1. The number of hydrogen-bond acceptors (Lipinski definition) is 2. The minimum absolute atomic E-state index is 0.342. The molecule has 104 valence electrons. The number of aromatic carboxylic acids is 1. The lowest BCUT2D eigenvalue weighted by Gasteiger charge is -2.27. The summed E-state index contributed by atoms with van der Waals surface area (Å²) in [5.41, 5.74) is 1.75. The Balaban J connectivity index is 2.26. The van der Waals surface area contributed by atoms with Crippen LogP contribution in [0.2, 0.25) is 0 Å². The fourth-order valence-corrected chi connectivity index (χ4v) is 3.34. The normalized spacial score (nSPS) is 17.7. The van der Waals surface area contributed by atoms with E-state index in [-0.39, 0.29) is 0 Å². The third-order valence-corrected chi connectivity index (χ3v) is 4.89. The molecule has 4 heteroatoms. The van der Waals surface area contributed by atoms with Gasteiger partial charge < -0.3 is 10.0 Å². The molecule has 0 spiro atoms. The van der Waals surface area contributed by atoms with Crippen LogP contribution in [0.3, 0.4) is 0 Å². The van der Waals surface area contributed by atoms with Crippen LogP contribution >= 0.6 is 15.9 Å². The van der Waals surface area contributed by atoms with Gasteiger partial charge in [0.1, 0.15) is 0 Å². The van der Waals surface area contributed by atoms with Crippen molar-refractivity contribution in [2.75, 3.05) is 18.0 Å². The van der Waals surface area contributed by atoms with E-state index >= 15 is 0 Å². The van der Waals surface area contributed by atoms with Crippen molar-refractivity contribution in [3.05, 3.63) is 28.2 Å². The first kappa shape index (κ1) is 14.4. The van der Waals surface area contributed by atoms with Gasteiger partial charge in [-0.3, -0.25) is 0 Å². The fourth-order valence-electron chi connectivity index (χ4n) is 2.86. The average molecular weight is 326 g/mol. The van der Waals surface area contributed by atoms with E-state index in [2.05, 4.69) is 34.7 Å². The maximum absolute atomic E-state index is 11.1. The van der Waals surface area contributed by atoms with Gasteiger partial charge in [0.2, 0.25) is 0 Å². The van der Waals surface area contributed by atoms with Crippen molar-refractivity contribution in [1.82, 2.24) is 0 Å². The Morgan fingerprint density at radius 1 is 1.37 bits per heavy atom. The highest BCUT2D eigenvalue weighted by Gasteiger charge is 2.35. The lowest BCUT2D eigenvalue weighted by Crippen LogP contribution is -2.26. The molecule has 1 aromatic carbocycles. The third-order valence-electron chi connectivity index (χ3n) is 4.43. The van der Waals surface area contributed by atoms with Gasteiger partial charge in [-0.15, -0.1) is 0 Å². The van der Waals surface area contributed by atoms with Crippen LogP contribution in [0.4, 0.5) is 5.69 Å². The van der Waals surface area contributed by atoms with E-state index in [9.17, 15) is 4.79 Å². The van der Waals surface area contributed by atoms with Crippen LogP contribution in [0.25, 0.3) is 0 Å². The van der Waals surface area contributed by atoms with Crippen molar-refractivity contribution in [3.8, 4) is 0 Å². The molecule has 0 bridgehead atoms. The molecular weight excluding hydrogens is 306 g/mol. The van der Waals surface area contributed by atoms with Gasteiger partial charge in [0, 0.05) is 23.2 Å². The molecule has 0 atom stereocenters. The van der Waals surface area contributed by atoms with Gasteiger partial charge in [0.05, 0.1) is 5.56 Å². The molecule has 2 rings (SSSR count). The minimum Gasteiger partial charge on any atom is -0.478 e. The topological polar surface area (TPSA) is 40.5 Å². The minimum atomic E-state index is -0.876. The summed E-state index contributed by atoms with van der Waals surface area (Å²) in [5.74, 6) is -0.876. The summed E-state index contributed by atoms with van der Waals surface area (Å²) >= 11 is 3.40. The average Bonchev–Trinajstić information content (AvgIpc) is 2.83. The summed E-state index contributed by atoms with van der Waals surface area (Å²) in [7, 11) is 0. The van der Waals surface area contributed by atoms with Gasteiger partial charge in [-0.05, 0) is 42.9 Å². The van der Waals surface area contributed by atoms with Gasteiger partial charge in [0.25, 0.3) is 0 Å². The van der Waals surface area contributed by atoms with E-state index in [0.717, 1.165) is 23.2 Å². The van der Waals surface area contributed by atoms with Crippen LogP contribution in [0.1, 0.15) is 43.5 Å². The van der Waals surface area contributed by atoms with Gasteiger partial charge in [-0.1, -0.05) is 29.8 Å². The van der Waals surface area contributed by atoms with Crippen molar-refractivity contribution >= 4 is 27.6 Å². The zero-order chi connectivity index (χ0) is 14.0. The Morgan fingerprint density at radius 2 is 2.05 bits per heavy atom. The predicted octanol–water partition coefficient (Wildman–Crippen LogP) is 4.16. The standard InChI is InChI=1S/C15H20BrNO2/c1-3-15(4-2)5-6-17(10-15)13-8-11(14(18)19)7-12(16)9-13/h7-9H,3-6,10H2,1-2H3,(H,18,19). The number of carboxylic acids is 1. The molecular formula is C15H20BrNO2. The van der Waals surface area contributed by atoms with E-state index in [1.54, 1.807) is 12.1 Å². The van der Waals surface area contributed by atoms with E-state index in [4.69, 9.17) is 5.11 Å². The lowest BCUT2D eigenvalue weighted by molar-refractivity contribution is 0.0697. The van der Waals surface area contributed by atoms with Crippen molar-refractivity contribution in [2.45, 2.75) is 33.1 Å². The Labute approximate surface area is 122 Å². The number of nitrogens with zero attached hydrogens (tertiary/aromatic N) is 1. The predicted molar refractivity (Wildman–Crippen MR) is 80.9 cm³/mol. The van der Waals surface area contributed by atoms with E-state index < -0.39 is 5.97 Å². The zero-order valence-electron chi connectivity index (χ0n) is 11.4. The second-order valence-electron chi connectivity index (χ2n) is 5.38. The van der Waals surface area contributed by atoms with Gasteiger partial charge >= 0.3 is 5.97 Å². The molecule has 0 aromatic heterocycles. The van der Waals surface area contributed by atoms with Crippen LogP contribution < -0.4 is 4.90 Å². The fraction of sp³-hybridized carbons (Fsp3) is 0.533. The number of carbonyl (C=O) groups is 1. The van der Waals surface area contributed by atoms with Crippen LogP contribution in [0.5, 0.6) is 0 Å². The smallest absolute Gasteiger partial charge is 0.335 e. The summed E-state index contributed by atoms with van der Waals surface area (Å²) in [6.45, 7) is 6.53. The number of anilines is 1. The van der Waals surface area contributed by atoms with Gasteiger partial charge in [0.15, 0.2) is 0 Å². The highest BCUT2D eigenvalue weighted by atomic mass is 79.9. The first-order valence-corrected chi connectivity index (χ1v) is 7.58. The molecule has 19 heavy (non-hydrogen) atoms. The van der Waals surface area contributed by atoms with Crippen molar-refractivity contribution in [2.24, 2.45) is 5.41 Å². The summed E-state index contributed by atoms with van der Waals surface area (Å²) in [6.07, 6.45) is 3.55. The van der Waals surface area contributed by atoms with Crippen LogP contribution in [-0.4, -0.2) is 24.2 Å². The molecule has 0 aliphatic carbocycles. The molecule has 1 aliphatic rings. The number of hydrogen-bond donors (Lipinski definition) is 1. The summed E-state index contributed by atoms with van der Waals surface area (Å²) < 4.78 is 0.827. The molecule has 3 nitrogen and oxygen atoms in total. The first-order chi connectivity index (χ1) is 8.99. The van der Waals surface area contributed by atoms with Crippen LogP contribution in [0, 0.1) is 5.41 Å². The van der Waals surface area contributed by atoms with Gasteiger partial charge in [-0.2, -0.15) is 0 Å². The maximum Gasteiger partial charge on any atom is 0.335 e. The third kappa shape index (κ3) is 2.94. The van der Waals surface area contributed by atoms with Crippen molar-refractivity contribution in [3.63, 3.8) is 0 Å². The Hall–Kier alpha value is -1.03. The van der Waals surface area contributed by atoms with Crippen LogP contribution in [0.15, 0.2) is 22.7 Å². The quantitative estimate of drug-likeness (QED) is 0.903. The molecule has 0 amide bonds. The summed E-state index contributed by atoms with van der Waals surface area (Å²) in [4.78, 5) is 13.4. The Kier molecular flexibility index (Phi) is 4.19. The number of rotatable bonds is 4. The zero-order valence-corrected chi connectivity index (χ0v) is 13.0. The van der Waals surface area contributed by atoms with Crippen molar-refractivity contribution < 1.29 is 9.90 Å². The highest BCUT2D eigenvalue weighted by Crippen LogP contribution is 2.39. The highest BCUT2D eigenvalue weighted by molar-refractivity contribution is 9.10.